The maximum Gasteiger partial charge on any atom is 0.253 e. The Morgan fingerprint density at radius 1 is 1.12 bits per heavy atom. The molecule has 0 aromatic heterocycles. The zero-order valence-electron chi connectivity index (χ0n) is 15.3. The second-order valence-corrected chi connectivity index (χ2v) is 8.49. The number of likely N-dealkylation sites (tertiary alicyclic amines) is 2. The summed E-state index contributed by atoms with van der Waals surface area (Å²) in [4.78, 5) is 30.8. The van der Waals surface area contributed by atoms with Crippen molar-refractivity contribution in [3.8, 4) is 0 Å². The fourth-order valence-corrected chi connectivity index (χ4v) is 4.96. The molecule has 0 bridgehead atoms. The predicted molar refractivity (Wildman–Crippen MR) is 103 cm³/mol. The minimum absolute atomic E-state index is 0.0485. The molecule has 0 radical (unpaired) electrons. The van der Waals surface area contributed by atoms with Crippen LogP contribution in [0.3, 0.4) is 0 Å². The molecule has 3 fully saturated rings. The number of carbonyl (C=O) groups excluding carboxylic acids is 2. The van der Waals surface area contributed by atoms with Crippen molar-refractivity contribution in [3.05, 3.63) is 28.8 Å². The van der Waals surface area contributed by atoms with E-state index in [0.29, 0.717) is 30.1 Å². The average Bonchev–Trinajstić information content (AvgIpc) is 3.24. The summed E-state index contributed by atoms with van der Waals surface area (Å²) in [5.41, 5.74) is 1.76. The number of halogens is 1. The molecule has 1 spiro atoms. The van der Waals surface area contributed by atoms with Gasteiger partial charge in [0.05, 0.1) is 10.7 Å². The molecule has 0 N–H and O–H groups in total. The van der Waals surface area contributed by atoms with E-state index in [1.54, 1.807) is 0 Å². The molecule has 6 heteroatoms. The van der Waals surface area contributed by atoms with Crippen LogP contribution in [0.2, 0.25) is 5.02 Å². The van der Waals surface area contributed by atoms with Gasteiger partial charge in [0.1, 0.15) is 0 Å². The van der Waals surface area contributed by atoms with Crippen molar-refractivity contribution in [1.82, 2.24) is 9.80 Å². The summed E-state index contributed by atoms with van der Waals surface area (Å²) in [6.45, 7) is 4.32. The van der Waals surface area contributed by atoms with Gasteiger partial charge in [0.15, 0.2) is 0 Å². The molecule has 0 saturated carbocycles. The van der Waals surface area contributed by atoms with Crippen LogP contribution < -0.4 is 4.90 Å². The maximum atomic E-state index is 12.9. The summed E-state index contributed by atoms with van der Waals surface area (Å²) in [6.07, 6.45) is 4.82. The van der Waals surface area contributed by atoms with E-state index in [0.717, 1.165) is 38.2 Å². The normalized spacial score (nSPS) is 22.5. The Morgan fingerprint density at radius 3 is 2.38 bits per heavy atom. The fraction of sp³-hybridized carbons (Fsp3) is 0.600. The van der Waals surface area contributed by atoms with E-state index in [9.17, 15) is 9.59 Å². The van der Waals surface area contributed by atoms with E-state index in [-0.39, 0.29) is 17.2 Å². The average molecular weight is 376 g/mol. The molecular formula is C20H26ClN3O2. The van der Waals surface area contributed by atoms with Gasteiger partial charge in [0.25, 0.3) is 5.91 Å². The first-order valence-electron chi connectivity index (χ1n) is 9.55. The summed E-state index contributed by atoms with van der Waals surface area (Å²) in [6, 6.07) is 5.70. The molecule has 3 heterocycles. The first-order chi connectivity index (χ1) is 12.5. The third kappa shape index (κ3) is 3.18. The quantitative estimate of drug-likeness (QED) is 0.798. The summed E-state index contributed by atoms with van der Waals surface area (Å²) in [5.74, 6) is 0.279. The Kier molecular flexibility index (Phi) is 4.59. The zero-order valence-corrected chi connectivity index (χ0v) is 16.1. The van der Waals surface area contributed by atoms with Crippen LogP contribution in [0.4, 0.5) is 5.69 Å². The molecule has 0 unspecified atom stereocenters. The second kappa shape index (κ2) is 6.76. The van der Waals surface area contributed by atoms with E-state index >= 15 is 0 Å². The van der Waals surface area contributed by atoms with Gasteiger partial charge in [-0.15, -0.1) is 0 Å². The summed E-state index contributed by atoms with van der Waals surface area (Å²) < 4.78 is 0. The highest BCUT2D eigenvalue weighted by Gasteiger charge is 2.44. The highest BCUT2D eigenvalue weighted by molar-refractivity contribution is 6.33. The Bertz CT molecular complexity index is 722. The van der Waals surface area contributed by atoms with Gasteiger partial charge in [0.2, 0.25) is 5.91 Å². The van der Waals surface area contributed by atoms with Gasteiger partial charge in [-0.1, -0.05) is 11.6 Å². The number of carbonyl (C=O) groups is 2. The fourth-order valence-electron chi connectivity index (χ4n) is 4.66. The molecule has 26 heavy (non-hydrogen) atoms. The molecule has 0 aliphatic carbocycles. The lowest BCUT2D eigenvalue weighted by molar-refractivity contribution is -0.126. The molecule has 1 aromatic carbocycles. The molecular weight excluding hydrogens is 350 g/mol. The van der Waals surface area contributed by atoms with Crippen LogP contribution in [-0.2, 0) is 4.79 Å². The van der Waals surface area contributed by atoms with Crippen LogP contribution in [0, 0.1) is 5.41 Å². The lowest BCUT2D eigenvalue weighted by Gasteiger charge is -2.38. The van der Waals surface area contributed by atoms with E-state index < -0.39 is 0 Å². The van der Waals surface area contributed by atoms with Gasteiger partial charge in [0, 0.05) is 57.2 Å². The van der Waals surface area contributed by atoms with E-state index in [1.807, 2.05) is 35.0 Å². The van der Waals surface area contributed by atoms with Crippen LogP contribution in [0.5, 0.6) is 0 Å². The van der Waals surface area contributed by atoms with Crippen molar-refractivity contribution in [2.75, 3.05) is 44.7 Å². The maximum absolute atomic E-state index is 12.9. The van der Waals surface area contributed by atoms with Gasteiger partial charge < -0.3 is 14.7 Å². The van der Waals surface area contributed by atoms with Gasteiger partial charge in [-0.05, 0) is 43.9 Å². The van der Waals surface area contributed by atoms with Crippen LogP contribution in [-0.4, -0.2) is 61.4 Å². The van der Waals surface area contributed by atoms with Crippen LogP contribution in [0.1, 0.15) is 42.5 Å². The Balaban J connectivity index is 1.42. The Morgan fingerprint density at radius 2 is 1.81 bits per heavy atom. The monoisotopic (exact) mass is 375 g/mol. The highest BCUT2D eigenvalue weighted by atomic mass is 35.5. The Labute approximate surface area is 159 Å². The molecule has 5 nitrogen and oxygen atoms in total. The zero-order chi connectivity index (χ0) is 18.3. The van der Waals surface area contributed by atoms with Crippen LogP contribution in [0.15, 0.2) is 18.2 Å². The first-order valence-corrected chi connectivity index (χ1v) is 9.93. The van der Waals surface area contributed by atoms with Crippen molar-refractivity contribution in [3.63, 3.8) is 0 Å². The third-order valence-electron chi connectivity index (χ3n) is 6.28. The van der Waals surface area contributed by atoms with Gasteiger partial charge in [-0.2, -0.15) is 0 Å². The molecule has 4 rings (SSSR count). The van der Waals surface area contributed by atoms with Crippen LogP contribution in [0.25, 0.3) is 0 Å². The molecule has 3 aliphatic heterocycles. The van der Waals surface area contributed by atoms with Crippen LogP contribution >= 0.6 is 11.6 Å². The lowest BCUT2D eigenvalue weighted by Crippen LogP contribution is -2.44. The molecule has 0 atom stereocenters. The first kappa shape index (κ1) is 17.7. The summed E-state index contributed by atoms with van der Waals surface area (Å²) in [5, 5.41) is 0.661. The number of benzene rings is 1. The molecule has 140 valence electrons. The lowest BCUT2D eigenvalue weighted by atomic mass is 9.77. The van der Waals surface area contributed by atoms with Crippen molar-refractivity contribution < 1.29 is 9.59 Å². The highest BCUT2D eigenvalue weighted by Crippen LogP contribution is 2.40. The number of amides is 2. The minimum atomic E-state index is 0.0485. The standard InChI is InChI=1S/C20H26ClN3O2/c1-22-14-20(13-18(22)25)6-10-24(11-7-20)19(26)15-4-5-17(16(21)12-15)23-8-2-3-9-23/h4-5,12H,2-3,6-11,13-14H2,1H3. The van der Waals surface area contributed by atoms with E-state index in [2.05, 4.69) is 4.90 Å². The van der Waals surface area contributed by atoms with Crippen molar-refractivity contribution in [1.29, 1.82) is 0 Å². The number of anilines is 1. The SMILES string of the molecule is CN1CC2(CCN(C(=O)c3ccc(N4CCCC4)c(Cl)c3)CC2)CC1=O. The molecule has 3 saturated heterocycles. The minimum Gasteiger partial charge on any atom is -0.370 e. The van der Waals surface area contributed by atoms with Crippen molar-refractivity contribution >= 4 is 29.1 Å². The van der Waals surface area contributed by atoms with Crippen molar-refractivity contribution in [2.45, 2.75) is 32.1 Å². The van der Waals surface area contributed by atoms with Gasteiger partial charge in [-0.25, -0.2) is 0 Å². The van der Waals surface area contributed by atoms with Crippen molar-refractivity contribution in [2.24, 2.45) is 5.41 Å². The number of rotatable bonds is 2. The third-order valence-corrected chi connectivity index (χ3v) is 6.58. The van der Waals surface area contributed by atoms with Gasteiger partial charge in [-0.3, -0.25) is 9.59 Å². The summed E-state index contributed by atoms with van der Waals surface area (Å²) in [7, 11) is 1.87. The van der Waals surface area contributed by atoms with E-state index in [1.165, 1.54) is 12.8 Å². The van der Waals surface area contributed by atoms with E-state index in [4.69, 9.17) is 11.6 Å². The summed E-state index contributed by atoms with van der Waals surface area (Å²) >= 11 is 6.47. The molecule has 1 aromatic rings. The largest absolute Gasteiger partial charge is 0.370 e. The Hall–Kier alpha value is -1.75. The number of hydrogen-bond donors (Lipinski definition) is 0. The number of piperidine rings is 1. The topological polar surface area (TPSA) is 43.9 Å². The second-order valence-electron chi connectivity index (χ2n) is 8.08. The van der Waals surface area contributed by atoms with Gasteiger partial charge >= 0.3 is 0 Å². The predicted octanol–water partition coefficient (Wildman–Crippen LogP) is 3.02. The molecule has 2 amide bonds. The number of hydrogen-bond acceptors (Lipinski definition) is 3. The smallest absolute Gasteiger partial charge is 0.253 e. The molecule has 3 aliphatic rings. The number of nitrogens with zero attached hydrogens (tertiary/aromatic N) is 3.